The summed E-state index contributed by atoms with van der Waals surface area (Å²) in [6, 6.07) is 16.9. The van der Waals surface area contributed by atoms with Crippen LogP contribution in [-0.4, -0.2) is 37.1 Å². The summed E-state index contributed by atoms with van der Waals surface area (Å²) in [4.78, 5) is -0.139. The number of aryl methyl sites for hydroxylation is 1. The van der Waals surface area contributed by atoms with Gasteiger partial charge in [-0.2, -0.15) is 0 Å². The van der Waals surface area contributed by atoms with Crippen molar-refractivity contribution in [3.63, 3.8) is 0 Å². The first-order valence-corrected chi connectivity index (χ1v) is 10.1. The van der Waals surface area contributed by atoms with Crippen LogP contribution in [0.1, 0.15) is 31.9 Å². The van der Waals surface area contributed by atoms with Crippen molar-refractivity contribution >= 4 is 10.1 Å². The zero-order valence-electron chi connectivity index (χ0n) is 15.6. The van der Waals surface area contributed by atoms with E-state index in [0.29, 0.717) is 5.56 Å². The van der Waals surface area contributed by atoms with Gasteiger partial charge in [-0.1, -0.05) is 48.5 Å². The molecule has 0 bridgehead atoms. The molecule has 0 N–H and O–H groups in total. The highest BCUT2D eigenvalue weighted by molar-refractivity contribution is 7.85. The van der Waals surface area contributed by atoms with Crippen LogP contribution >= 0.6 is 0 Å². The fourth-order valence-corrected chi connectivity index (χ4v) is 3.52. The maximum absolute atomic E-state index is 10.5. The molecule has 5 heteroatoms. The first-order valence-electron chi connectivity index (χ1n) is 8.68. The molecule has 25 heavy (non-hydrogen) atoms. The quantitative estimate of drug-likeness (QED) is 0.576. The Labute approximate surface area is 152 Å². The molecule has 0 radical (unpaired) electrons. The van der Waals surface area contributed by atoms with Crippen molar-refractivity contribution in [3.8, 4) is 0 Å². The molecule has 2 rings (SSSR count). The summed E-state index contributed by atoms with van der Waals surface area (Å²) in [5, 5.41) is 0. The van der Waals surface area contributed by atoms with E-state index >= 15 is 0 Å². The molecule has 2 aromatic rings. The zero-order valence-corrected chi connectivity index (χ0v) is 16.4. The molecule has 2 aromatic carbocycles. The molecule has 0 aromatic heterocycles. The predicted octanol–water partition coefficient (Wildman–Crippen LogP) is 3.96. The molecule has 0 aliphatic carbocycles. The van der Waals surface area contributed by atoms with Gasteiger partial charge in [-0.15, -0.1) is 0 Å². The van der Waals surface area contributed by atoms with E-state index in [0.717, 1.165) is 0 Å². The van der Waals surface area contributed by atoms with E-state index in [-0.39, 0.29) is 4.90 Å². The summed E-state index contributed by atoms with van der Waals surface area (Å²) < 4.78 is 32.7. The Balaban J connectivity index is 0.000000257. The second kappa shape index (κ2) is 9.70. The van der Waals surface area contributed by atoms with E-state index in [4.69, 9.17) is 0 Å². The average molecular weight is 364 g/mol. The van der Waals surface area contributed by atoms with Crippen LogP contribution < -0.4 is 0 Å². The highest BCUT2D eigenvalue weighted by Crippen LogP contribution is 2.14. The molecule has 0 amide bonds. The monoisotopic (exact) mass is 363 g/mol. The molecule has 0 heterocycles. The van der Waals surface area contributed by atoms with E-state index in [1.54, 1.807) is 19.1 Å². The lowest BCUT2D eigenvalue weighted by Crippen LogP contribution is -2.46. The van der Waals surface area contributed by atoms with Gasteiger partial charge in [-0.25, -0.2) is 8.42 Å². The second-order valence-corrected chi connectivity index (χ2v) is 7.50. The molecule has 0 aliphatic heterocycles. The lowest BCUT2D eigenvalue weighted by molar-refractivity contribution is -0.936. The Bertz CT molecular complexity index is 730. The second-order valence-electron chi connectivity index (χ2n) is 6.15. The molecule has 0 unspecified atom stereocenters. The van der Waals surface area contributed by atoms with Gasteiger partial charge in [-0.05, 0) is 39.3 Å². The van der Waals surface area contributed by atoms with Gasteiger partial charge < -0.3 is 9.04 Å². The maximum Gasteiger partial charge on any atom is 0.124 e. The van der Waals surface area contributed by atoms with Gasteiger partial charge >= 0.3 is 0 Å². The third kappa shape index (κ3) is 6.61. The van der Waals surface area contributed by atoms with Crippen molar-refractivity contribution in [2.45, 2.75) is 39.1 Å². The highest BCUT2D eigenvalue weighted by atomic mass is 32.2. The molecular formula is C20H29NO3S. The molecule has 0 aliphatic rings. The van der Waals surface area contributed by atoms with Gasteiger partial charge in [0.25, 0.3) is 0 Å². The van der Waals surface area contributed by atoms with Crippen LogP contribution in [0.4, 0.5) is 0 Å². The predicted molar refractivity (Wildman–Crippen MR) is 101 cm³/mol. The van der Waals surface area contributed by atoms with Crippen molar-refractivity contribution in [1.29, 1.82) is 0 Å². The zero-order chi connectivity index (χ0) is 18.9. The van der Waals surface area contributed by atoms with Gasteiger partial charge in [0.2, 0.25) is 0 Å². The number of hydrogen-bond acceptors (Lipinski definition) is 3. The molecule has 0 spiro atoms. The standard InChI is InChI=1S/C13H22N.C7H8O3S/c1-4-14(5-2,6-3)12-13-10-8-7-9-11-13;1-6-4-2-3-5-7(6)11(8,9)10/h7-11H,4-6,12H2,1-3H3;2-5H,1H3,(H,8,9,10)/q+1;/p-1. The van der Waals surface area contributed by atoms with Crippen molar-refractivity contribution in [1.82, 2.24) is 0 Å². The molecular weight excluding hydrogens is 334 g/mol. The van der Waals surface area contributed by atoms with Crippen LogP contribution in [0.2, 0.25) is 0 Å². The van der Waals surface area contributed by atoms with Gasteiger partial charge in [0.05, 0.1) is 24.5 Å². The fraction of sp³-hybridized carbons (Fsp3) is 0.400. The first kappa shape index (κ1) is 21.4. The Hall–Kier alpha value is -1.69. The Morgan fingerprint density at radius 1 is 0.840 bits per heavy atom. The Morgan fingerprint density at radius 2 is 1.32 bits per heavy atom. The molecule has 0 atom stereocenters. The SMILES string of the molecule is CC[N+](CC)(CC)Cc1ccccc1.Cc1ccccc1S(=O)(=O)[O-]. The number of benzene rings is 2. The maximum atomic E-state index is 10.5. The fourth-order valence-electron chi connectivity index (χ4n) is 2.81. The summed E-state index contributed by atoms with van der Waals surface area (Å²) in [6.45, 7) is 13.3. The Morgan fingerprint density at radius 3 is 1.72 bits per heavy atom. The number of rotatable bonds is 6. The van der Waals surface area contributed by atoms with Gasteiger partial charge in [0.1, 0.15) is 16.7 Å². The largest absolute Gasteiger partial charge is 0.744 e. The lowest BCUT2D eigenvalue weighted by Gasteiger charge is -2.35. The van der Waals surface area contributed by atoms with Crippen molar-refractivity contribution in [2.24, 2.45) is 0 Å². The molecule has 4 nitrogen and oxygen atoms in total. The molecule has 0 saturated heterocycles. The number of nitrogens with zero attached hydrogens (tertiary/aromatic N) is 1. The lowest BCUT2D eigenvalue weighted by atomic mass is 10.2. The summed E-state index contributed by atoms with van der Waals surface area (Å²) in [7, 11) is -4.28. The van der Waals surface area contributed by atoms with Crippen molar-refractivity contribution in [2.75, 3.05) is 19.6 Å². The van der Waals surface area contributed by atoms with E-state index in [1.165, 1.54) is 48.4 Å². The van der Waals surface area contributed by atoms with Crippen LogP contribution in [0.15, 0.2) is 59.5 Å². The minimum Gasteiger partial charge on any atom is -0.744 e. The minimum absolute atomic E-state index is 0.139. The summed E-state index contributed by atoms with van der Waals surface area (Å²) >= 11 is 0. The third-order valence-electron chi connectivity index (χ3n) is 4.74. The van der Waals surface area contributed by atoms with Gasteiger partial charge in [-0.3, -0.25) is 0 Å². The van der Waals surface area contributed by atoms with Gasteiger partial charge in [0, 0.05) is 5.56 Å². The van der Waals surface area contributed by atoms with E-state index < -0.39 is 10.1 Å². The average Bonchev–Trinajstić information content (AvgIpc) is 2.61. The normalized spacial score (nSPS) is 11.6. The van der Waals surface area contributed by atoms with Gasteiger partial charge in [0.15, 0.2) is 0 Å². The topological polar surface area (TPSA) is 57.2 Å². The minimum atomic E-state index is -4.28. The first-order chi connectivity index (χ1) is 11.8. The third-order valence-corrected chi connectivity index (χ3v) is 5.73. The number of hydrogen-bond donors (Lipinski definition) is 0. The Kier molecular flexibility index (Phi) is 8.29. The van der Waals surface area contributed by atoms with E-state index in [2.05, 4.69) is 51.1 Å². The summed E-state index contributed by atoms with van der Waals surface area (Å²) in [5.74, 6) is 0. The summed E-state index contributed by atoms with van der Waals surface area (Å²) in [6.07, 6.45) is 0. The molecule has 0 fully saturated rings. The highest BCUT2D eigenvalue weighted by Gasteiger charge is 2.20. The summed E-state index contributed by atoms with van der Waals surface area (Å²) in [5.41, 5.74) is 1.94. The molecule has 138 valence electrons. The van der Waals surface area contributed by atoms with E-state index in [1.807, 2.05) is 0 Å². The van der Waals surface area contributed by atoms with Crippen molar-refractivity contribution < 1.29 is 17.5 Å². The van der Waals surface area contributed by atoms with E-state index in [9.17, 15) is 13.0 Å². The van der Waals surface area contributed by atoms with Crippen LogP contribution in [0.5, 0.6) is 0 Å². The molecule has 0 saturated carbocycles. The smallest absolute Gasteiger partial charge is 0.124 e. The van der Waals surface area contributed by atoms with Crippen LogP contribution in [-0.2, 0) is 16.7 Å². The van der Waals surface area contributed by atoms with Crippen LogP contribution in [0, 0.1) is 6.92 Å². The van der Waals surface area contributed by atoms with Crippen LogP contribution in [0.25, 0.3) is 0 Å². The van der Waals surface area contributed by atoms with Crippen LogP contribution in [0.3, 0.4) is 0 Å². The number of quaternary nitrogens is 1. The van der Waals surface area contributed by atoms with Crippen molar-refractivity contribution in [3.05, 3.63) is 65.7 Å².